The van der Waals surface area contributed by atoms with Crippen molar-refractivity contribution in [3.63, 3.8) is 0 Å². The molecule has 5 nitrogen and oxygen atoms in total. The molecule has 2 fully saturated rings. The van der Waals surface area contributed by atoms with Crippen LogP contribution in [0.3, 0.4) is 0 Å². The van der Waals surface area contributed by atoms with Gasteiger partial charge >= 0.3 is 0 Å². The molecule has 0 bridgehead atoms. The van der Waals surface area contributed by atoms with Gasteiger partial charge in [0.15, 0.2) is 6.23 Å². The van der Waals surface area contributed by atoms with E-state index in [2.05, 4.69) is 67.9 Å². The maximum atomic E-state index is 6.45. The molecule has 33 heavy (non-hydrogen) atoms. The molecule has 1 aliphatic heterocycles. The zero-order valence-corrected chi connectivity index (χ0v) is 20.3. The van der Waals surface area contributed by atoms with Crippen LogP contribution in [0, 0.1) is 5.41 Å². The molecule has 0 radical (unpaired) electrons. The minimum Gasteiger partial charge on any atom is -0.487 e. The van der Waals surface area contributed by atoms with Crippen LogP contribution in [0.4, 0.5) is 0 Å². The van der Waals surface area contributed by atoms with Gasteiger partial charge in [-0.3, -0.25) is 0 Å². The fraction of sp³-hybridized carbons (Fsp3) is 0.536. The van der Waals surface area contributed by atoms with Crippen LogP contribution in [0.15, 0.2) is 42.5 Å². The van der Waals surface area contributed by atoms with Crippen LogP contribution in [0.1, 0.15) is 71.1 Å². The molecule has 1 unspecified atom stereocenters. The van der Waals surface area contributed by atoms with E-state index in [1.807, 2.05) is 0 Å². The summed E-state index contributed by atoms with van der Waals surface area (Å²) in [6.45, 7) is 8.30. The van der Waals surface area contributed by atoms with Crippen LogP contribution in [-0.4, -0.2) is 28.5 Å². The fourth-order valence-corrected chi connectivity index (χ4v) is 5.03. The highest BCUT2D eigenvalue weighted by molar-refractivity contribution is 5.94. The van der Waals surface area contributed by atoms with Gasteiger partial charge in [0.2, 0.25) is 0 Å². The van der Waals surface area contributed by atoms with E-state index in [1.54, 1.807) is 0 Å². The first-order chi connectivity index (χ1) is 15.9. The second-order valence-corrected chi connectivity index (χ2v) is 11.1. The molecule has 5 heteroatoms. The molecule has 1 atom stereocenters. The first-order valence-electron chi connectivity index (χ1n) is 12.5. The molecular weight excluding hydrogens is 410 g/mol. The van der Waals surface area contributed by atoms with Crippen LogP contribution < -0.4 is 10.5 Å². The Morgan fingerprint density at radius 2 is 2.00 bits per heavy atom. The number of fused-ring (bicyclic) bond motifs is 1. The zero-order valence-electron chi connectivity index (χ0n) is 20.3. The lowest BCUT2D eigenvalue weighted by Crippen LogP contribution is -2.22. The van der Waals surface area contributed by atoms with Gasteiger partial charge in [-0.25, -0.2) is 4.68 Å². The Hall–Kier alpha value is -2.37. The number of hydrogen-bond donors (Lipinski definition) is 1. The molecule has 1 aromatic heterocycles. The van der Waals surface area contributed by atoms with Crippen molar-refractivity contribution in [3.8, 4) is 17.0 Å². The Morgan fingerprint density at radius 3 is 2.70 bits per heavy atom. The topological polar surface area (TPSA) is 62.3 Å². The van der Waals surface area contributed by atoms with Crippen LogP contribution in [0.5, 0.6) is 5.75 Å². The molecule has 0 amide bonds. The van der Waals surface area contributed by atoms with Crippen molar-refractivity contribution in [1.29, 1.82) is 0 Å². The Labute approximate surface area is 197 Å². The Balaban J connectivity index is 1.57. The van der Waals surface area contributed by atoms with Crippen LogP contribution in [0.2, 0.25) is 0 Å². The van der Waals surface area contributed by atoms with Crippen LogP contribution >= 0.6 is 0 Å². The molecule has 2 N–H and O–H groups in total. The molecule has 5 rings (SSSR count). The van der Waals surface area contributed by atoms with Gasteiger partial charge < -0.3 is 15.2 Å². The summed E-state index contributed by atoms with van der Waals surface area (Å²) in [5.41, 5.74) is 10.6. The number of ether oxygens (including phenoxy) is 2. The van der Waals surface area contributed by atoms with Crippen molar-refractivity contribution in [1.82, 2.24) is 9.78 Å². The first kappa shape index (κ1) is 22.4. The van der Waals surface area contributed by atoms with E-state index in [0.29, 0.717) is 6.54 Å². The standard InChI is InChI=1S/C28H37N3O2/c1-27(2,3)19-20-7-6-8-21(17-20)26-23-18-22(33-28(12-13-28)14-15-29)10-11-24(23)31(30-26)25-9-4-5-16-32-25/h6-8,10-11,17-18,25H,4-5,9,12-16,19,29H2,1-3H3. The molecule has 0 spiro atoms. The Morgan fingerprint density at radius 1 is 1.15 bits per heavy atom. The summed E-state index contributed by atoms with van der Waals surface area (Å²) < 4.78 is 14.7. The SMILES string of the molecule is CC(C)(C)Cc1cccc(-c2nn(C3CCCCO3)c3ccc(OC4(CCN)CC4)cc23)c1. The molecule has 1 saturated carbocycles. The average Bonchev–Trinajstić information content (AvgIpc) is 3.42. The van der Waals surface area contributed by atoms with Crippen LogP contribution in [-0.2, 0) is 11.2 Å². The van der Waals surface area contributed by atoms with Gasteiger partial charge in [-0.05, 0) is 86.7 Å². The summed E-state index contributed by atoms with van der Waals surface area (Å²) in [6.07, 6.45) is 7.38. The van der Waals surface area contributed by atoms with Crippen molar-refractivity contribution < 1.29 is 9.47 Å². The van der Waals surface area contributed by atoms with Gasteiger partial charge in [-0.2, -0.15) is 5.10 Å². The third kappa shape index (κ3) is 4.95. The van der Waals surface area contributed by atoms with E-state index >= 15 is 0 Å². The smallest absolute Gasteiger partial charge is 0.150 e. The van der Waals surface area contributed by atoms with E-state index in [0.717, 1.165) is 73.0 Å². The van der Waals surface area contributed by atoms with Crippen molar-refractivity contribution in [2.24, 2.45) is 11.1 Å². The second kappa shape index (κ2) is 8.77. The lowest BCUT2D eigenvalue weighted by atomic mass is 9.87. The lowest BCUT2D eigenvalue weighted by Gasteiger charge is -2.23. The summed E-state index contributed by atoms with van der Waals surface area (Å²) >= 11 is 0. The predicted molar refractivity (Wildman–Crippen MR) is 133 cm³/mol. The molecule has 1 aliphatic carbocycles. The highest BCUT2D eigenvalue weighted by Gasteiger charge is 2.44. The molecule has 2 heterocycles. The van der Waals surface area contributed by atoms with Gasteiger partial charge in [0.05, 0.1) is 5.52 Å². The predicted octanol–water partition coefficient (Wildman–Crippen LogP) is 6.25. The van der Waals surface area contributed by atoms with Crippen LogP contribution in [0.25, 0.3) is 22.2 Å². The van der Waals surface area contributed by atoms with Gasteiger partial charge in [-0.15, -0.1) is 0 Å². The Kier molecular flexibility index (Phi) is 5.96. The van der Waals surface area contributed by atoms with E-state index in [4.69, 9.17) is 20.3 Å². The third-order valence-corrected chi connectivity index (χ3v) is 6.78. The highest BCUT2D eigenvalue weighted by atomic mass is 16.5. The number of hydrogen-bond acceptors (Lipinski definition) is 4. The van der Waals surface area contributed by atoms with Crippen molar-refractivity contribution in [2.75, 3.05) is 13.2 Å². The van der Waals surface area contributed by atoms with Gasteiger partial charge in [0, 0.05) is 17.6 Å². The third-order valence-electron chi connectivity index (χ3n) is 6.78. The normalized spacial score (nSPS) is 20.2. The fourth-order valence-electron chi connectivity index (χ4n) is 5.03. The van der Waals surface area contributed by atoms with E-state index < -0.39 is 0 Å². The van der Waals surface area contributed by atoms with E-state index in [9.17, 15) is 0 Å². The minimum absolute atomic E-state index is 0.00783. The molecule has 3 aromatic rings. The molecule has 176 valence electrons. The van der Waals surface area contributed by atoms with Crippen molar-refractivity contribution in [3.05, 3.63) is 48.0 Å². The Bertz CT molecular complexity index is 1120. The minimum atomic E-state index is -0.0717. The molecule has 1 saturated heterocycles. The summed E-state index contributed by atoms with van der Waals surface area (Å²) in [7, 11) is 0. The van der Waals surface area contributed by atoms with E-state index in [-0.39, 0.29) is 17.2 Å². The summed E-state index contributed by atoms with van der Waals surface area (Å²) in [5.74, 6) is 0.907. The van der Waals surface area contributed by atoms with Gasteiger partial charge in [0.1, 0.15) is 17.0 Å². The molecule has 2 aromatic carbocycles. The molecule has 2 aliphatic rings. The number of nitrogens with two attached hydrogens (primary N) is 1. The molecular formula is C28H37N3O2. The van der Waals surface area contributed by atoms with Gasteiger partial charge in [-0.1, -0.05) is 39.0 Å². The summed E-state index contributed by atoms with van der Waals surface area (Å²) in [4.78, 5) is 0. The average molecular weight is 448 g/mol. The monoisotopic (exact) mass is 447 g/mol. The number of benzene rings is 2. The van der Waals surface area contributed by atoms with Crippen molar-refractivity contribution in [2.45, 2.75) is 77.5 Å². The van der Waals surface area contributed by atoms with E-state index in [1.165, 1.54) is 12.0 Å². The maximum absolute atomic E-state index is 6.45. The second-order valence-electron chi connectivity index (χ2n) is 11.1. The zero-order chi connectivity index (χ0) is 23.1. The number of rotatable bonds is 7. The number of nitrogens with zero attached hydrogens (tertiary/aromatic N) is 2. The van der Waals surface area contributed by atoms with Gasteiger partial charge in [0.25, 0.3) is 0 Å². The number of aromatic nitrogens is 2. The highest BCUT2D eigenvalue weighted by Crippen LogP contribution is 2.44. The largest absolute Gasteiger partial charge is 0.487 e. The lowest BCUT2D eigenvalue weighted by molar-refractivity contribution is -0.0365. The summed E-state index contributed by atoms with van der Waals surface area (Å²) in [5, 5.41) is 6.25. The maximum Gasteiger partial charge on any atom is 0.150 e. The first-order valence-corrected chi connectivity index (χ1v) is 12.5. The quantitative estimate of drug-likeness (QED) is 0.465. The summed E-state index contributed by atoms with van der Waals surface area (Å²) in [6, 6.07) is 15.2. The van der Waals surface area contributed by atoms with Crippen molar-refractivity contribution >= 4 is 10.9 Å².